The van der Waals surface area contributed by atoms with Crippen molar-refractivity contribution in [2.75, 3.05) is 20.2 Å². The van der Waals surface area contributed by atoms with Crippen molar-refractivity contribution in [3.8, 4) is 5.75 Å². The van der Waals surface area contributed by atoms with Gasteiger partial charge in [-0.1, -0.05) is 54.1 Å². The van der Waals surface area contributed by atoms with Gasteiger partial charge in [0.1, 0.15) is 5.75 Å². The summed E-state index contributed by atoms with van der Waals surface area (Å²) >= 11 is 5.97. The van der Waals surface area contributed by atoms with Gasteiger partial charge in [0.25, 0.3) is 5.91 Å². The first-order chi connectivity index (χ1) is 15.5. The minimum absolute atomic E-state index is 0.0620. The van der Waals surface area contributed by atoms with E-state index in [1.54, 1.807) is 36.3 Å². The lowest BCUT2D eigenvalue weighted by atomic mass is 9.88. The summed E-state index contributed by atoms with van der Waals surface area (Å²) in [5.74, 6) is 0.0774. The molecule has 0 radical (unpaired) electrons. The Morgan fingerprint density at radius 3 is 2.47 bits per heavy atom. The van der Waals surface area contributed by atoms with Gasteiger partial charge in [-0.25, -0.2) is 0 Å². The molecule has 1 aliphatic heterocycles. The zero-order valence-electron chi connectivity index (χ0n) is 17.8. The van der Waals surface area contributed by atoms with Crippen LogP contribution in [0.2, 0.25) is 5.02 Å². The molecule has 0 saturated carbocycles. The van der Waals surface area contributed by atoms with Crippen LogP contribution in [-0.2, 0) is 11.3 Å². The van der Waals surface area contributed by atoms with Gasteiger partial charge in [0.15, 0.2) is 0 Å². The van der Waals surface area contributed by atoms with E-state index in [0.717, 1.165) is 16.9 Å². The molecule has 1 N–H and O–H groups in total. The van der Waals surface area contributed by atoms with Gasteiger partial charge >= 0.3 is 0 Å². The summed E-state index contributed by atoms with van der Waals surface area (Å²) in [6.45, 7) is 1.26. The second-order valence-electron chi connectivity index (χ2n) is 7.91. The van der Waals surface area contributed by atoms with E-state index in [4.69, 9.17) is 16.3 Å². The average molecular weight is 449 g/mol. The highest BCUT2D eigenvalue weighted by Crippen LogP contribution is 2.35. The molecular formula is C26H25ClN2O3. The Hall–Kier alpha value is -3.31. The monoisotopic (exact) mass is 448 g/mol. The Kier molecular flexibility index (Phi) is 6.76. The normalized spacial score (nSPS) is 17.8. The standard InChI is InChI=1S/C26H25ClN2O3/c1-32-22-9-5-8-20(14-22)23-16-29(26(31)19-10-12-21(27)13-11-19)17-24(23)25(30)28-15-18-6-3-2-4-7-18/h2-14,23-24H,15-17H2,1H3,(H,28,30)/t23-,24-/m0/s1. The van der Waals surface area contributed by atoms with Gasteiger partial charge in [-0.3, -0.25) is 9.59 Å². The smallest absolute Gasteiger partial charge is 0.253 e. The fourth-order valence-electron chi connectivity index (χ4n) is 4.14. The summed E-state index contributed by atoms with van der Waals surface area (Å²) in [6, 6.07) is 24.4. The summed E-state index contributed by atoms with van der Waals surface area (Å²) in [5, 5.41) is 3.63. The Morgan fingerprint density at radius 1 is 1.00 bits per heavy atom. The molecule has 1 fully saturated rings. The van der Waals surface area contributed by atoms with E-state index in [0.29, 0.717) is 30.2 Å². The fraction of sp³-hybridized carbons (Fsp3) is 0.231. The maximum absolute atomic E-state index is 13.2. The van der Waals surface area contributed by atoms with Crippen molar-refractivity contribution in [1.82, 2.24) is 10.2 Å². The van der Waals surface area contributed by atoms with Crippen LogP contribution in [0.25, 0.3) is 0 Å². The molecule has 3 aromatic carbocycles. The van der Waals surface area contributed by atoms with Crippen molar-refractivity contribution in [3.05, 3.63) is 101 Å². The number of methoxy groups -OCH3 is 1. The SMILES string of the molecule is COc1cccc([C@@H]2CN(C(=O)c3ccc(Cl)cc3)C[C@@H]2C(=O)NCc2ccccc2)c1. The predicted octanol–water partition coefficient (Wildman–Crippen LogP) is 4.52. The topological polar surface area (TPSA) is 58.6 Å². The number of likely N-dealkylation sites (tertiary alicyclic amines) is 1. The number of rotatable bonds is 6. The van der Waals surface area contributed by atoms with E-state index in [2.05, 4.69) is 5.32 Å². The van der Waals surface area contributed by atoms with Crippen LogP contribution in [0.1, 0.15) is 27.4 Å². The van der Waals surface area contributed by atoms with E-state index < -0.39 is 0 Å². The Morgan fingerprint density at radius 2 is 1.75 bits per heavy atom. The van der Waals surface area contributed by atoms with E-state index in [9.17, 15) is 9.59 Å². The summed E-state index contributed by atoms with van der Waals surface area (Å²) < 4.78 is 5.38. The van der Waals surface area contributed by atoms with E-state index >= 15 is 0 Å². The minimum atomic E-state index is -0.359. The third kappa shape index (κ3) is 4.94. The third-order valence-electron chi connectivity index (χ3n) is 5.87. The first kappa shape index (κ1) is 21.9. The zero-order valence-corrected chi connectivity index (χ0v) is 18.6. The quantitative estimate of drug-likeness (QED) is 0.603. The van der Waals surface area contributed by atoms with Crippen LogP contribution in [-0.4, -0.2) is 36.9 Å². The van der Waals surface area contributed by atoms with E-state index in [1.165, 1.54) is 0 Å². The molecule has 2 atom stereocenters. The molecule has 32 heavy (non-hydrogen) atoms. The number of hydrogen-bond acceptors (Lipinski definition) is 3. The van der Waals surface area contributed by atoms with Crippen molar-refractivity contribution in [2.45, 2.75) is 12.5 Å². The molecule has 4 rings (SSSR count). The first-order valence-electron chi connectivity index (χ1n) is 10.6. The van der Waals surface area contributed by atoms with Gasteiger partial charge in [-0.05, 0) is 47.5 Å². The van der Waals surface area contributed by atoms with E-state index in [-0.39, 0.29) is 23.7 Å². The van der Waals surface area contributed by atoms with Gasteiger partial charge in [0.05, 0.1) is 13.0 Å². The van der Waals surface area contributed by atoms with Gasteiger partial charge in [-0.15, -0.1) is 0 Å². The highest BCUT2D eigenvalue weighted by molar-refractivity contribution is 6.30. The van der Waals surface area contributed by atoms with Crippen LogP contribution < -0.4 is 10.1 Å². The molecule has 0 aromatic heterocycles. The number of nitrogens with one attached hydrogen (secondary N) is 1. The number of benzene rings is 3. The molecule has 1 heterocycles. The molecule has 2 amide bonds. The minimum Gasteiger partial charge on any atom is -0.497 e. The average Bonchev–Trinajstić information content (AvgIpc) is 3.29. The molecule has 0 bridgehead atoms. The molecule has 0 unspecified atom stereocenters. The second kappa shape index (κ2) is 9.88. The maximum Gasteiger partial charge on any atom is 0.253 e. The number of carbonyl (C=O) groups excluding carboxylic acids is 2. The molecule has 1 saturated heterocycles. The van der Waals surface area contributed by atoms with Crippen molar-refractivity contribution in [1.29, 1.82) is 0 Å². The number of halogens is 1. The largest absolute Gasteiger partial charge is 0.497 e. The van der Waals surface area contributed by atoms with Crippen molar-refractivity contribution < 1.29 is 14.3 Å². The number of nitrogens with zero attached hydrogens (tertiary/aromatic N) is 1. The summed E-state index contributed by atoms with van der Waals surface area (Å²) in [6.07, 6.45) is 0. The number of carbonyl (C=O) groups is 2. The molecule has 1 aliphatic rings. The molecule has 5 nitrogen and oxygen atoms in total. The first-order valence-corrected chi connectivity index (χ1v) is 10.9. The molecular weight excluding hydrogens is 424 g/mol. The van der Waals surface area contributed by atoms with Gasteiger partial charge < -0.3 is 15.0 Å². The highest BCUT2D eigenvalue weighted by atomic mass is 35.5. The van der Waals surface area contributed by atoms with Crippen molar-refractivity contribution in [3.63, 3.8) is 0 Å². The maximum atomic E-state index is 13.2. The van der Waals surface area contributed by atoms with E-state index in [1.807, 2.05) is 54.6 Å². The lowest BCUT2D eigenvalue weighted by molar-refractivity contribution is -0.125. The Balaban J connectivity index is 1.56. The van der Waals surface area contributed by atoms with Crippen LogP contribution in [0.15, 0.2) is 78.9 Å². The number of hydrogen-bond donors (Lipinski definition) is 1. The fourth-order valence-corrected chi connectivity index (χ4v) is 4.26. The third-order valence-corrected chi connectivity index (χ3v) is 6.12. The van der Waals surface area contributed by atoms with Gasteiger partial charge in [0, 0.05) is 36.1 Å². The van der Waals surface area contributed by atoms with Crippen LogP contribution in [0.4, 0.5) is 0 Å². The lowest BCUT2D eigenvalue weighted by Gasteiger charge is -2.18. The zero-order chi connectivity index (χ0) is 22.5. The number of ether oxygens (including phenoxy) is 1. The highest BCUT2D eigenvalue weighted by Gasteiger charge is 2.40. The lowest BCUT2D eigenvalue weighted by Crippen LogP contribution is -2.35. The molecule has 3 aromatic rings. The molecule has 6 heteroatoms. The molecule has 0 aliphatic carbocycles. The van der Waals surface area contributed by atoms with Crippen molar-refractivity contribution >= 4 is 23.4 Å². The molecule has 164 valence electrons. The number of amides is 2. The second-order valence-corrected chi connectivity index (χ2v) is 8.35. The summed E-state index contributed by atoms with van der Waals surface area (Å²) in [5.41, 5.74) is 2.57. The molecule has 0 spiro atoms. The van der Waals surface area contributed by atoms with Gasteiger partial charge in [0.2, 0.25) is 5.91 Å². The Bertz CT molecular complexity index is 1090. The van der Waals surface area contributed by atoms with Crippen LogP contribution in [0.3, 0.4) is 0 Å². The van der Waals surface area contributed by atoms with Crippen molar-refractivity contribution in [2.24, 2.45) is 5.92 Å². The Labute approximate surface area is 193 Å². The van der Waals surface area contributed by atoms with Crippen LogP contribution >= 0.6 is 11.6 Å². The predicted molar refractivity (Wildman–Crippen MR) is 125 cm³/mol. The van der Waals surface area contributed by atoms with Gasteiger partial charge in [-0.2, -0.15) is 0 Å². The summed E-state index contributed by atoms with van der Waals surface area (Å²) in [4.78, 5) is 28.1. The summed E-state index contributed by atoms with van der Waals surface area (Å²) in [7, 11) is 1.62. The van der Waals surface area contributed by atoms with Crippen LogP contribution in [0, 0.1) is 5.92 Å². The van der Waals surface area contributed by atoms with Crippen LogP contribution in [0.5, 0.6) is 5.75 Å².